The van der Waals surface area contributed by atoms with E-state index in [1.807, 2.05) is 0 Å². The molecule has 0 bridgehead atoms. The molecule has 10 nitrogen and oxygen atoms in total. The molecule has 4 rings (SSSR count). The lowest BCUT2D eigenvalue weighted by molar-refractivity contribution is -0.137. The topological polar surface area (TPSA) is 124 Å². The first-order valence-electron chi connectivity index (χ1n) is 9.09. The molecular weight excluding hydrogens is 395 g/mol. The number of aryl methyl sites for hydroxylation is 1. The van der Waals surface area contributed by atoms with Gasteiger partial charge in [0.2, 0.25) is 0 Å². The highest BCUT2D eigenvalue weighted by molar-refractivity contribution is 5.83. The lowest BCUT2D eigenvalue weighted by atomic mass is 10.1. The van der Waals surface area contributed by atoms with Gasteiger partial charge in [-0.25, -0.2) is 9.37 Å². The monoisotopic (exact) mass is 412 g/mol. The third-order valence-electron chi connectivity index (χ3n) is 4.58. The summed E-state index contributed by atoms with van der Waals surface area (Å²) in [5.74, 6) is -1.31. The van der Waals surface area contributed by atoms with Crippen molar-refractivity contribution in [3.8, 4) is 11.1 Å². The van der Waals surface area contributed by atoms with Crippen LogP contribution in [0.25, 0.3) is 27.9 Å². The number of carboxylic acids is 1. The summed E-state index contributed by atoms with van der Waals surface area (Å²) in [7, 11) is 1.52. The third-order valence-corrected chi connectivity index (χ3v) is 4.58. The maximum atomic E-state index is 13.4. The van der Waals surface area contributed by atoms with E-state index in [1.54, 1.807) is 12.1 Å². The Morgan fingerprint density at radius 2 is 1.97 bits per heavy atom. The summed E-state index contributed by atoms with van der Waals surface area (Å²) in [5.41, 5.74) is 1.97. The van der Waals surface area contributed by atoms with Crippen molar-refractivity contribution in [3.63, 3.8) is 0 Å². The van der Waals surface area contributed by atoms with Crippen LogP contribution in [0, 0.1) is 5.82 Å². The number of nitrogens with zero attached hydrogens (tertiary/aromatic N) is 6. The summed E-state index contributed by atoms with van der Waals surface area (Å²) >= 11 is 0. The zero-order valence-electron chi connectivity index (χ0n) is 15.9. The fraction of sp³-hybridized carbons (Fsp3) is 0.263. The molecule has 0 aliphatic rings. The van der Waals surface area contributed by atoms with Crippen molar-refractivity contribution < 1.29 is 19.0 Å². The number of halogens is 1. The molecule has 3 heterocycles. The van der Waals surface area contributed by atoms with E-state index in [2.05, 4.69) is 20.3 Å². The second kappa shape index (κ2) is 7.95. The van der Waals surface area contributed by atoms with E-state index in [1.165, 1.54) is 34.7 Å². The quantitative estimate of drug-likeness (QED) is 0.486. The summed E-state index contributed by atoms with van der Waals surface area (Å²) < 4.78 is 21.3. The van der Waals surface area contributed by atoms with Gasteiger partial charge in [0.05, 0.1) is 17.9 Å². The van der Waals surface area contributed by atoms with Gasteiger partial charge in [-0.05, 0) is 24.1 Å². The second-order valence-corrected chi connectivity index (χ2v) is 6.61. The number of aliphatic carboxylic acids is 1. The Kier molecular flexibility index (Phi) is 5.19. The molecule has 1 aromatic carbocycles. The number of methoxy groups -OCH3 is 1. The van der Waals surface area contributed by atoms with Crippen LogP contribution in [0.15, 0.2) is 35.4 Å². The maximum Gasteiger partial charge on any atom is 0.303 e. The molecule has 0 aliphatic heterocycles. The Balaban J connectivity index is 1.86. The van der Waals surface area contributed by atoms with E-state index in [0.29, 0.717) is 22.5 Å². The predicted octanol–water partition coefficient (Wildman–Crippen LogP) is 1.65. The lowest BCUT2D eigenvalue weighted by Gasteiger charge is -2.06. The van der Waals surface area contributed by atoms with E-state index in [4.69, 9.17) is 9.84 Å². The van der Waals surface area contributed by atoms with Gasteiger partial charge in [-0.2, -0.15) is 9.61 Å². The molecule has 0 atom stereocenters. The van der Waals surface area contributed by atoms with Gasteiger partial charge in [0.1, 0.15) is 12.1 Å². The van der Waals surface area contributed by atoms with Gasteiger partial charge >= 0.3 is 5.97 Å². The third kappa shape index (κ3) is 3.50. The summed E-state index contributed by atoms with van der Waals surface area (Å²) in [5, 5.41) is 21.5. The minimum atomic E-state index is -0.936. The molecule has 0 radical (unpaired) electrons. The normalized spacial score (nSPS) is 11.4. The van der Waals surface area contributed by atoms with E-state index in [0.717, 1.165) is 0 Å². The van der Waals surface area contributed by atoms with Crippen molar-refractivity contribution in [1.82, 2.24) is 29.4 Å². The van der Waals surface area contributed by atoms with Gasteiger partial charge < -0.3 is 9.84 Å². The SMILES string of the molecule is COCc1nn2c(nnc3c(=O)n(CCCC(=O)O)cnc32)c1-c1ccc(F)cc1. The number of carboxylic acid groups (broad SMARTS) is 1. The Morgan fingerprint density at radius 3 is 2.67 bits per heavy atom. The van der Waals surface area contributed by atoms with E-state index >= 15 is 0 Å². The van der Waals surface area contributed by atoms with Crippen molar-refractivity contribution in [1.29, 1.82) is 0 Å². The molecule has 0 saturated carbocycles. The highest BCUT2D eigenvalue weighted by Gasteiger charge is 2.20. The summed E-state index contributed by atoms with van der Waals surface area (Å²) in [6.07, 6.45) is 1.56. The van der Waals surface area contributed by atoms with Crippen LogP contribution in [-0.2, 0) is 22.7 Å². The predicted molar refractivity (Wildman–Crippen MR) is 103 cm³/mol. The molecule has 0 unspecified atom stereocenters. The average molecular weight is 412 g/mol. The summed E-state index contributed by atoms with van der Waals surface area (Å²) in [6, 6.07) is 5.87. The maximum absolute atomic E-state index is 13.4. The molecule has 3 aromatic heterocycles. The van der Waals surface area contributed by atoms with Crippen LogP contribution in [0.1, 0.15) is 18.5 Å². The smallest absolute Gasteiger partial charge is 0.303 e. The first-order valence-corrected chi connectivity index (χ1v) is 9.09. The molecule has 11 heteroatoms. The lowest BCUT2D eigenvalue weighted by Crippen LogP contribution is -2.23. The summed E-state index contributed by atoms with van der Waals surface area (Å²) in [4.78, 5) is 27.7. The number of carbonyl (C=O) groups is 1. The number of aromatic nitrogens is 6. The highest BCUT2D eigenvalue weighted by Crippen LogP contribution is 2.28. The Labute approximate surface area is 168 Å². The standard InChI is InChI=1S/C19H17FN6O4/c1-30-9-13-15(11-4-6-12(20)7-5-11)17-23-22-16-18(26(17)24-13)21-10-25(19(16)29)8-2-3-14(27)28/h4-7,10H,2-3,8-9H2,1H3,(H,27,28). The number of hydrogen-bond donors (Lipinski definition) is 1. The molecule has 154 valence electrons. The van der Waals surface area contributed by atoms with Crippen molar-refractivity contribution in [3.05, 3.63) is 52.5 Å². The number of fused-ring (bicyclic) bond motifs is 3. The fourth-order valence-corrected chi connectivity index (χ4v) is 3.21. The molecule has 0 spiro atoms. The minimum absolute atomic E-state index is 0.0115. The van der Waals surface area contributed by atoms with Crippen molar-refractivity contribution in [2.24, 2.45) is 0 Å². The van der Waals surface area contributed by atoms with Gasteiger partial charge in [0, 0.05) is 20.1 Å². The molecule has 1 N–H and O–H groups in total. The average Bonchev–Trinajstić information content (AvgIpc) is 3.09. The minimum Gasteiger partial charge on any atom is -0.481 e. The van der Waals surface area contributed by atoms with E-state index < -0.39 is 11.5 Å². The number of benzene rings is 1. The van der Waals surface area contributed by atoms with Crippen LogP contribution in [0.4, 0.5) is 4.39 Å². The molecule has 0 aliphatic carbocycles. The van der Waals surface area contributed by atoms with E-state index in [9.17, 15) is 14.0 Å². The molecular formula is C19H17FN6O4. The van der Waals surface area contributed by atoms with Crippen molar-refractivity contribution in [2.45, 2.75) is 26.0 Å². The van der Waals surface area contributed by atoms with Gasteiger partial charge in [-0.1, -0.05) is 12.1 Å². The molecule has 30 heavy (non-hydrogen) atoms. The van der Waals surface area contributed by atoms with Gasteiger partial charge in [-0.3, -0.25) is 14.2 Å². The molecule has 0 amide bonds. The van der Waals surface area contributed by atoms with Crippen LogP contribution < -0.4 is 5.56 Å². The number of ether oxygens (including phenoxy) is 1. The van der Waals surface area contributed by atoms with Crippen LogP contribution >= 0.6 is 0 Å². The Morgan fingerprint density at radius 1 is 1.20 bits per heavy atom. The van der Waals surface area contributed by atoms with Crippen molar-refractivity contribution in [2.75, 3.05) is 7.11 Å². The Hall–Kier alpha value is -3.73. The number of hydrogen-bond acceptors (Lipinski definition) is 7. The van der Waals surface area contributed by atoms with Crippen LogP contribution in [0.5, 0.6) is 0 Å². The van der Waals surface area contributed by atoms with Crippen LogP contribution in [-0.4, -0.2) is 47.5 Å². The largest absolute Gasteiger partial charge is 0.481 e. The van der Waals surface area contributed by atoms with Gasteiger partial charge in [-0.15, -0.1) is 10.2 Å². The zero-order valence-corrected chi connectivity index (χ0v) is 15.9. The zero-order chi connectivity index (χ0) is 21.3. The Bertz CT molecular complexity index is 1300. The fourth-order valence-electron chi connectivity index (χ4n) is 3.21. The summed E-state index contributed by atoms with van der Waals surface area (Å²) in [6.45, 7) is 0.368. The molecule has 4 aromatic rings. The van der Waals surface area contributed by atoms with Crippen molar-refractivity contribution >= 4 is 22.8 Å². The van der Waals surface area contributed by atoms with E-state index in [-0.39, 0.29) is 43.0 Å². The first kappa shape index (κ1) is 19.6. The first-order chi connectivity index (χ1) is 14.5. The van der Waals surface area contributed by atoms with Gasteiger partial charge in [0.15, 0.2) is 16.8 Å². The molecule has 0 fully saturated rings. The number of rotatable bonds is 7. The van der Waals surface area contributed by atoms with Crippen LogP contribution in [0.3, 0.4) is 0 Å². The molecule has 0 saturated heterocycles. The van der Waals surface area contributed by atoms with Gasteiger partial charge in [0.25, 0.3) is 5.56 Å². The second-order valence-electron chi connectivity index (χ2n) is 6.61. The highest BCUT2D eigenvalue weighted by atomic mass is 19.1. The van der Waals surface area contributed by atoms with Crippen LogP contribution in [0.2, 0.25) is 0 Å².